The first kappa shape index (κ1) is 9.01. The van der Waals surface area contributed by atoms with Gasteiger partial charge in [0.15, 0.2) is 0 Å². The topological polar surface area (TPSA) is 21.9 Å². The van der Waals surface area contributed by atoms with Crippen molar-refractivity contribution in [2.24, 2.45) is 0 Å². The Bertz CT molecular complexity index is 205. The number of allylic oxidation sites excluding steroid dienone is 3. The third kappa shape index (κ3) is 3.00. The third-order valence-electron chi connectivity index (χ3n) is 2.91. The molecule has 1 nitrogen and oxygen atoms in total. The molecule has 72 valence electrons. The van der Waals surface area contributed by atoms with Crippen LogP contribution in [0.25, 0.3) is 0 Å². The summed E-state index contributed by atoms with van der Waals surface area (Å²) in [5, 5.41) is 3.52. The van der Waals surface area contributed by atoms with Gasteiger partial charge in [0.25, 0.3) is 0 Å². The van der Waals surface area contributed by atoms with Gasteiger partial charge in [-0.1, -0.05) is 24.3 Å². The smallest absolute Gasteiger partial charge is 0.0259 e. The SMILES string of the molecule is C1=C\CCC2NC2C/C=C\CCC/1. The molecule has 2 atom stereocenters. The molecule has 13 heavy (non-hydrogen) atoms. The van der Waals surface area contributed by atoms with E-state index in [2.05, 4.69) is 29.6 Å². The van der Waals surface area contributed by atoms with Crippen molar-refractivity contribution in [1.82, 2.24) is 5.32 Å². The van der Waals surface area contributed by atoms with Crippen LogP contribution in [0, 0.1) is 0 Å². The van der Waals surface area contributed by atoms with Crippen LogP contribution < -0.4 is 5.32 Å². The van der Waals surface area contributed by atoms with Crippen molar-refractivity contribution < 1.29 is 0 Å². The fourth-order valence-corrected chi connectivity index (χ4v) is 1.96. The Kier molecular flexibility index (Phi) is 3.20. The molecule has 0 amide bonds. The summed E-state index contributed by atoms with van der Waals surface area (Å²) >= 11 is 0. The Morgan fingerprint density at radius 2 is 1.62 bits per heavy atom. The van der Waals surface area contributed by atoms with E-state index >= 15 is 0 Å². The number of nitrogens with one attached hydrogen (secondary N) is 1. The van der Waals surface area contributed by atoms with E-state index in [4.69, 9.17) is 0 Å². The summed E-state index contributed by atoms with van der Waals surface area (Å²) in [6.45, 7) is 0. The van der Waals surface area contributed by atoms with E-state index in [9.17, 15) is 0 Å². The van der Waals surface area contributed by atoms with Gasteiger partial charge >= 0.3 is 0 Å². The lowest BCUT2D eigenvalue weighted by Gasteiger charge is -1.95. The maximum atomic E-state index is 3.52. The molecular formula is C12H19N. The first-order valence-corrected chi connectivity index (χ1v) is 5.53. The van der Waals surface area contributed by atoms with Crippen molar-refractivity contribution >= 4 is 0 Å². The van der Waals surface area contributed by atoms with Gasteiger partial charge < -0.3 is 5.32 Å². The lowest BCUT2D eigenvalue weighted by Crippen LogP contribution is -1.92. The summed E-state index contributed by atoms with van der Waals surface area (Å²) in [7, 11) is 0. The molecule has 1 aliphatic carbocycles. The summed E-state index contributed by atoms with van der Waals surface area (Å²) in [5.41, 5.74) is 0. The van der Waals surface area contributed by atoms with Gasteiger partial charge in [0.1, 0.15) is 0 Å². The molecule has 0 aromatic carbocycles. The van der Waals surface area contributed by atoms with Crippen LogP contribution in [0.2, 0.25) is 0 Å². The van der Waals surface area contributed by atoms with Crippen LogP contribution in [0.4, 0.5) is 0 Å². The lowest BCUT2D eigenvalue weighted by atomic mass is 10.1. The van der Waals surface area contributed by atoms with E-state index in [0.29, 0.717) is 0 Å². The van der Waals surface area contributed by atoms with Gasteiger partial charge in [-0.2, -0.15) is 0 Å². The van der Waals surface area contributed by atoms with Gasteiger partial charge in [-0.3, -0.25) is 0 Å². The highest BCUT2D eigenvalue weighted by molar-refractivity contribution is 5.04. The van der Waals surface area contributed by atoms with Crippen LogP contribution in [0.15, 0.2) is 24.3 Å². The van der Waals surface area contributed by atoms with Gasteiger partial charge in [-0.25, -0.2) is 0 Å². The van der Waals surface area contributed by atoms with Crippen molar-refractivity contribution in [1.29, 1.82) is 0 Å². The summed E-state index contributed by atoms with van der Waals surface area (Å²) in [4.78, 5) is 0. The minimum atomic E-state index is 0.795. The van der Waals surface area contributed by atoms with Gasteiger partial charge in [0, 0.05) is 12.1 Å². The van der Waals surface area contributed by atoms with Crippen LogP contribution >= 0.6 is 0 Å². The van der Waals surface area contributed by atoms with Crippen LogP contribution in [0.5, 0.6) is 0 Å². The highest BCUT2D eigenvalue weighted by Crippen LogP contribution is 2.21. The predicted octanol–water partition coefficient (Wildman–Crippen LogP) is 2.79. The Balaban J connectivity index is 1.80. The maximum absolute atomic E-state index is 3.52. The molecule has 1 N–H and O–H groups in total. The Morgan fingerprint density at radius 3 is 2.54 bits per heavy atom. The molecule has 2 aliphatic rings. The molecule has 1 aliphatic heterocycles. The fourth-order valence-electron chi connectivity index (χ4n) is 1.96. The second-order valence-electron chi connectivity index (χ2n) is 4.07. The lowest BCUT2D eigenvalue weighted by molar-refractivity contribution is 0.778. The van der Waals surface area contributed by atoms with Gasteiger partial charge in [0.05, 0.1) is 0 Å². The zero-order chi connectivity index (χ0) is 8.93. The molecule has 1 fully saturated rings. The Hall–Kier alpha value is -0.560. The highest BCUT2D eigenvalue weighted by Gasteiger charge is 2.33. The van der Waals surface area contributed by atoms with Crippen LogP contribution in [0.3, 0.4) is 0 Å². The molecule has 2 rings (SSSR count). The number of hydrogen-bond donors (Lipinski definition) is 1. The van der Waals surface area contributed by atoms with Crippen molar-refractivity contribution in [2.75, 3.05) is 0 Å². The number of hydrogen-bond acceptors (Lipinski definition) is 1. The zero-order valence-corrected chi connectivity index (χ0v) is 8.21. The van der Waals surface area contributed by atoms with Gasteiger partial charge in [-0.15, -0.1) is 0 Å². The summed E-state index contributed by atoms with van der Waals surface area (Å²) in [5.74, 6) is 0. The molecule has 1 heteroatoms. The summed E-state index contributed by atoms with van der Waals surface area (Å²) in [6, 6.07) is 1.61. The third-order valence-corrected chi connectivity index (χ3v) is 2.91. The van der Waals surface area contributed by atoms with E-state index in [1.807, 2.05) is 0 Å². The Labute approximate surface area is 80.9 Å². The second-order valence-corrected chi connectivity index (χ2v) is 4.07. The summed E-state index contributed by atoms with van der Waals surface area (Å²) in [6.07, 6.45) is 17.0. The second kappa shape index (κ2) is 4.61. The molecule has 0 radical (unpaired) electrons. The van der Waals surface area contributed by atoms with E-state index < -0.39 is 0 Å². The van der Waals surface area contributed by atoms with Crippen LogP contribution in [-0.2, 0) is 0 Å². The quantitative estimate of drug-likeness (QED) is 0.446. The zero-order valence-electron chi connectivity index (χ0n) is 8.21. The van der Waals surface area contributed by atoms with Crippen LogP contribution in [0.1, 0.15) is 38.5 Å². The average Bonchev–Trinajstić information content (AvgIpc) is 2.83. The first-order chi connectivity index (χ1) is 6.47. The largest absolute Gasteiger partial charge is 0.308 e. The van der Waals surface area contributed by atoms with Crippen LogP contribution in [-0.4, -0.2) is 12.1 Å². The molecule has 2 unspecified atom stereocenters. The number of rotatable bonds is 0. The fraction of sp³-hybridized carbons (Fsp3) is 0.667. The minimum absolute atomic E-state index is 0.795. The molecule has 0 bridgehead atoms. The average molecular weight is 177 g/mol. The monoisotopic (exact) mass is 177 g/mol. The highest BCUT2D eigenvalue weighted by atomic mass is 15.1. The minimum Gasteiger partial charge on any atom is -0.308 e. The summed E-state index contributed by atoms with van der Waals surface area (Å²) < 4.78 is 0. The standard InChI is InChI=1S/C12H19N/c1-2-4-6-8-10-12-11(13-12)9-7-5-3-1/h3,5-6,8,11-13H,1-2,4,7,9-10H2/b5-3-,8-6-. The molecule has 0 aromatic heterocycles. The van der Waals surface area contributed by atoms with Gasteiger partial charge in [-0.05, 0) is 38.5 Å². The molecular weight excluding hydrogens is 158 g/mol. The van der Waals surface area contributed by atoms with Gasteiger partial charge in [0.2, 0.25) is 0 Å². The molecule has 0 aromatic rings. The molecule has 1 heterocycles. The van der Waals surface area contributed by atoms with E-state index in [1.165, 1.54) is 38.5 Å². The molecule has 0 saturated carbocycles. The molecule has 1 saturated heterocycles. The molecule has 0 spiro atoms. The number of fused-ring (bicyclic) bond motifs is 1. The van der Waals surface area contributed by atoms with Crippen molar-refractivity contribution in [3.8, 4) is 0 Å². The van der Waals surface area contributed by atoms with E-state index in [0.717, 1.165) is 12.1 Å². The first-order valence-electron chi connectivity index (χ1n) is 5.53. The van der Waals surface area contributed by atoms with E-state index in [-0.39, 0.29) is 0 Å². The Morgan fingerprint density at radius 1 is 0.846 bits per heavy atom. The van der Waals surface area contributed by atoms with E-state index in [1.54, 1.807) is 0 Å². The van der Waals surface area contributed by atoms with Crippen molar-refractivity contribution in [3.63, 3.8) is 0 Å². The predicted molar refractivity (Wildman–Crippen MR) is 56.7 cm³/mol. The van der Waals surface area contributed by atoms with Crippen molar-refractivity contribution in [3.05, 3.63) is 24.3 Å². The van der Waals surface area contributed by atoms with Crippen molar-refractivity contribution in [2.45, 2.75) is 50.6 Å². The normalized spacial score (nSPS) is 39.4. The maximum Gasteiger partial charge on any atom is 0.0259 e.